The highest BCUT2D eigenvalue weighted by atomic mass is 32.2. The van der Waals surface area contributed by atoms with Crippen LogP contribution in [0.25, 0.3) is 0 Å². The molecule has 2 rings (SSSR count). The van der Waals surface area contributed by atoms with Crippen LogP contribution in [-0.2, 0) is 26.3 Å². The highest BCUT2D eigenvalue weighted by Crippen LogP contribution is 2.25. The van der Waals surface area contributed by atoms with Gasteiger partial charge in [-0.2, -0.15) is 17.0 Å². The Morgan fingerprint density at radius 3 is 2.43 bits per heavy atom. The lowest BCUT2D eigenvalue weighted by atomic mass is 10.1. The Morgan fingerprint density at radius 2 is 1.89 bits per heavy atom. The van der Waals surface area contributed by atoms with Gasteiger partial charge >= 0.3 is 5.97 Å². The monoisotopic (exact) mass is 417 g/mol. The van der Waals surface area contributed by atoms with E-state index in [0.29, 0.717) is 18.8 Å². The molecule has 0 spiro atoms. The number of nitrogens with one attached hydrogen (secondary N) is 1. The quantitative estimate of drug-likeness (QED) is 0.384. The molecule has 1 aliphatic rings. The van der Waals surface area contributed by atoms with Crippen LogP contribution in [-0.4, -0.2) is 69.1 Å². The number of ether oxygens (including phenoxy) is 1. The number of nitrogens with two attached hydrogens (primary N) is 1. The van der Waals surface area contributed by atoms with Gasteiger partial charge in [-0.3, -0.25) is 10.2 Å². The summed E-state index contributed by atoms with van der Waals surface area (Å²) < 4.78 is 46.6. The van der Waals surface area contributed by atoms with E-state index in [1.54, 1.807) is 17.0 Å². The van der Waals surface area contributed by atoms with Gasteiger partial charge in [0.1, 0.15) is 18.9 Å². The summed E-state index contributed by atoms with van der Waals surface area (Å²) in [5.41, 5.74) is 5.66. The number of nitrogens with zero attached hydrogens (tertiary/aromatic N) is 3. The molecule has 0 atom stereocenters. The van der Waals surface area contributed by atoms with E-state index >= 15 is 0 Å². The van der Waals surface area contributed by atoms with E-state index in [-0.39, 0.29) is 44.9 Å². The zero-order valence-corrected chi connectivity index (χ0v) is 16.1. The minimum Gasteiger partial charge on any atom is -0.460 e. The van der Waals surface area contributed by atoms with Gasteiger partial charge in [-0.05, 0) is 6.07 Å². The van der Waals surface area contributed by atoms with Crippen LogP contribution in [0.4, 0.5) is 10.1 Å². The summed E-state index contributed by atoms with van der Waals surface area (Å²) in [5, 5.41) is 7.05. The number of piperazine rings is 1. The van der Waals surface area contributed by atoms with Crippen molar-refractivity contribution >= 4 is 27.7 Å². The number of amidine groups is 1. The summed E-state index contributed by atoms with van der Waals surface area (Å²) in [6.45, 7) is 0.922. The molecule has 0 aliphatic carbocycles. The number of halogens is 1. The average Bonchev–Trinajstić information content (AvgIpc) is 2.60. The van der Waals surface area contributed by atoms with E-state index in [4.69, 9.17) is 15.9 Å². The maximum Gasteiger partial charge on any atom is 0.313 e. The first-order valence-electron chi connectivity index (χ1n) is 8.31. The van der Waals surface area contributed by atoms with Gasteiger partial charge < -0.3 is 15.4 Å². The van der Waals surface area contributed by atoms with E-state index in [0.717, 1.165) is 4.31 Å². The van der Waals surface area contributed by atoms with E-state index < -0.39 is 22.0 Å². The van der Waals surface area contributed by atoms with Gasteiger partial charge in [0.15, 0.2) is 5.82 Å². The molecule has 158 valence electrons. The van der Waals surface area contributed by atoms with E-state index in [2.05, 4.69) is 0 Å². The standard InChI is InChI=1S/C16H24FN5O4S.CH4/c1-20(2)27(24,25)22-8-6-21(7-9-22)13-5-3-4-12(16(13)17)11-26-15(23)10-14(18)19;/h3-5H,6-11H2,1-2H3,(H3,18,19);1H4. The maximum absolute atomic E-state index is 14.8. The molecular formula is C17H28FN5O4S. The molecule has 1 aliphatic heterocycles. The third-order valence-electron chi connectivity index (χ3n) is 4.15. The first-order chi connectivity index (χ1) is 12.6. The van der Waals surface area contributed by atoms with Gasteiger partial charge in [-0.15, -0.1) is 0 Å². The molecule has 11 heteroatoms. The summed E-state index contributed by atoms with van der Waals surface area (Å²) in [4.78, 5) is 13.2. The third kappa shape index (κ3) is 5.63. The van der Waals surface area contributed by atoms with Crippen molar-refractivity contribution in [3.8, 4) is 0 Å². The number of esters is 1. The normalized spacial score (nSPS) is 15.2. The van der Waals surface area contributed by atoms with Crippen molar-refractivity contribution in [2.24, 2.45) is 5.73 Å². The minimum absolute atomic E-state index is 0. The predicted molar refractivity (Wildman–Crippen MR) is 106 cm³/mol. The van der Waals surface area contributed by atoms with Crippen LogP contribution < -0.4 is 10.6 Å². The van der Waals surface area contributed by atoms with Crippen LogP contribution >= 0.6 is 0 Å². The van der Waals surface area contributed by atoms with Gasteiger partial charge in [-0.25, -0.2) is 4.39 Å². The molecule has 1 fully saturated rings. The fourth-order valence-electron chi connectivity index (χ4n) is 2.68. The fraction of sp³-hybridized carbons (Fsp3) is 0.529. The largest absolute Gasteiger partial charge is 0.460 e. The number of hydrogen-bond donors (Lipinski definition) is 2. The molecule has 0 amide bonds. The Kier molecular flexibility index (Phi) is 8.33. The van der Waals surface area contributed by atoms with Crippen LogP contribution in [0.3, 0.4) is 0 Å². The van der Waals surface area contributed by atoms with Gasteiger partial charge in [0, 0.05) is 45.8 Å². The van der Waals surface area contributed by atoms with Crippen molar-refractivity contribution in [2.75, 3.05) is 45.2 Å². The molecule has 0 aromatic heterocycles. The van der Waals surface area contributed by atoms with Crippen LogP contribution in [0.15, 0.2) is 18.2 Å². The van der Waals surface area contributed by atoms with Crippen LogP contribution in [0, 0.1) is 11.2 Å². The fourth-order valence-corrected chi connectivity index (χ4v) is 3.76. The molecule has 1 aromatic carbocycles. The van der Waals surface area contributed by atoms with Crippen molar-refractivity contribution in [1.82, 2.24) is 8.61 Å². The highest BCUT2D eigenvalue weighted by Gasteiger charge is 2.29. The number of carbonyl (C=O) groups excluding carboxylic acids is 1. The maximum atomic E-state index is 14.8. The molecule has 9 nitrogen and oxygen atoms in total. The Labute approximate surface area is 165 Å². The van der Waals surface area contributed by atoms with Crippen molar-refractivity contribution in [1.29, 1.82) is 5.41 Å². The molecule has 0 unspecified atom stereocenters. The number of carbonyl (C=O) groups is 1. The molecule has 3 N–H and O–H groups in total. The first kappa shape index (κ1) is 23.8. The van der Waals surface area contributed by atoms with Gasteiger partial charge in [0.2, 0.25) is 0 Å². The molecule has 0 saturated carbocycles. The van der Waals surface area contributed by atoms with Crippen LogP contribution in [0.5, 0.6) is 0 Å². The van der Waals surface area contributed by atoms with Gasteiger partial charge in [0.05, 0.1) is 5.69 Å². The zero-order chi connectivity index (χ0) is 20.2. The van der Waals surface area contributed by atoms with Crippen molar-refractivity contribution in [3.05, 3.63) is 29.6 Å². The van der Waals surface area contributed by atoms with E-state index in [9.17, 15) is 17.6 Å². The summed E-state index contributed by atoms with van der Waals surface area (Å²) in [6, 6.07) is 4.76. The van der Waals surface area contributed by atoms with Crippen molar-refractivity contribution < 1.29 is 22.3 Å². The second kappa shape index (κ2) is 9.80. The lowest BCUT2D eigenvalue weighted by molar-refractivity contribution is -0.143. The number of hydrogen-bond acceptors (Lipinski definition) is 6. The summed E-state index contributed by atoms with van der Waals surface area (Å²) >= 11 is 0. The molecule has 0 radical (unpaired) electrons. The van der Waals surface area contributed by atoms with Gasteiger partial charge in [-0.1, -0.05) is 19.6 Å². The topological polar surface area (TPSA) is 120 Å². The predicted octanol–water partition coefficient (Wildman–Crippen LogP) is 0.759. The van der Waals surface area contributed by atoms with Crippen molar-refractivity contribution in [3.63, 3.8) is 0 Å². The lowest BCUT2D eigenvalue weighted by Gasteiger charge is -2.36. The highest BCUT2D eigenvalue weighted by molar-refractivity contribution is 7.86. The second-order valence-electron chi connectivity index (χ2n) is 6.29. The Hall–Kier alpha value is -2.24. The molecule has 0 bridgehead atoms. The van der Waals surface area contributed by atoms with E-state index in [1.165, 1.54) is 24.5 Å². The number of benzene rings is 1. The smallest absolute Gasteiger partial charge is 0.313 e. The SMILES string of the molecule is C.CN(C)S(=O)(=O)N1CCN(c2cccc(COC(=O)CC(=N)N)c2F)CC1. The average molecular weight is 418 g/mol. The second-order valence-corrected chi connectivity index (χ2v) is 8.43. The zero-order valence-electron chi connectivity index (χ0n) is 15.3. The summed E-state index contributed by atoms with van der Waals surface area (Å²) in [6.07, 6.45) is -0.344. The lowest BCUT2D eigenvalue weighted by Crippen LogP contribution is -2.51. The first-order valence-corrected chi connectivity index (χ1v) is 9.71. The molecule has 1 saturated heterocycles. The number of anilines is 1. The third-order valence-corrected chi connectivity index (χ3v) is 6.09. The molecular weight excluding hydrogens is 389 g/mol. The summed E-state index contributed by atoms with van der Waals surface area (Å²) in [5.74, 6) is -1.54. The molecule has 28 heavy (non-hydrogen) atoms. The Balaban J connectivity index is 0.00000392. The van der Waals surface area contributed by atoms with Crippen LogP contribution in [0.2, 0.25) is 0 Å². The van der Waals surface area contributed by atoms with E-state index in [1.807, 2.05) is 0 Å². The Bertz CT molecular complexity index is 808. The van der Waals surface area contributed by atoms with Gasteiger partial charge in [0.25, 0.3) is 10.2 Å². The molecule has 1 aromatic rings. The van der Waals surface area contributed by atoms with Crippen LogP contribution in [0.1, 0.15) is 19.4 Å². The minimum atomic E-state index is -3.49. The van der Waals surface area contributed by atoms with Crippen molar-refractivity contribution in [2.45, 2.75) is 20.5 Å². The molecule has 1 heterocycles. The Morgan fingerprint density at radius 1 is 1.29 bits per heavy atom. The summed E-state index contributed by atoms with van der Waals surface area (Å²) in [7, 11) is -0.550. The number of rotatable bonds is 7.